The minimum Gasteiger partial charge on any atom is -0.368 e. The fourth-order valence-corrected chi connectivity index (χ4v) is 2.66. The van der Waals surface area contributed by atoms with Crippen LogP contribution in [-0.2, 0) is 6.42 Å². The van der Waals surface area contributed by atoms with Crippen LogP contribution in [0.5, 0.6) is 0 Å². The highest BCUT2D eigenvalue weighted by atomic mass is 19.1. The molecule has 2 N–H and O–H groups in total. The molecule has 0 saturated heterocycles. The van der Waals surface area contributed by atoms with Gasteiger partial charge in [0, 0.05) is 6.54 Å². The summed E-state index contributed by atoms with van der Waals surface area (Å²) in [4.78, 5) is 20.7. The Labute approximate surface area is 157 Å². The van der Waals surface area contributed by atoms with Crippen LogP contribution < -0.4 is 10.6 Å². The van der Waals surface area contributed by atoms with Crippen molar-refractivity contribution in [2.75, 3.05) is 11.9 Å². The molecule has 3 rings (SSSR count). The van der Waals surface area contributed by atoms with E-state index < -0.39 is 0 Å². The maximum absolute atomic E-state index is 13.6. The van der Waals surface area contributed by atoms with Gasteiger partial charge >= 0.3 is 0 Å². The molecule has 0 bridgehead atoms. The third kappa shape index (κ3) is 5.10. The minimum absolute atomic E-state index is 0.126. The third-order valence-electron chi connectivity index (χ3n) is 4.19. The van der Waals surface area contributed by atoms with Crippen LogP contribution >= 0.6 is 0 Å². The van der Waals surface area contributed by atoms with E-state index in [2.05, 4.69) is 20.6 Å². The molecule has 0 fully saturated rings. The Morgan fingerprint density at radius 1 is 1.04 bits per heavy atom. The number of carbonyl (C=O) groups excluding carboxylic acids is 1. The van der Waals surface area contributed by atoms with Crippen LogP contribution in [0.4, 0.5) is 10.2 Å². The van der Waals surface area contributed by atoms with Gasteiger partial charge in [0.15, 0.2) is 0 Å². The van der Waals surface area contributed by atoms with Crippen molar-refractivity contribution in [3.8, 4) is 0 Å². The molecular weight excluding hydrogens is 343 g/mol. The molecule has 1 unspecified atom stereocenters. The molecule has 1 amide bonds. The van der Waals surface area contributed by atoms with E-state index in [4.69, 9.17) is 0 Å². The first-order valence-electron chi connectivity index (χ1n) is 8.78. The van der Waals surface area contributed by atoms with Crippen molar-refractivity contribution in [1.29, 1.82) is 0 Å². The molecule has 0 radical (unpaired) electrons. The van der Waals surface area contributed by atoms with Crippen LogP contribution in [0, 0.1) is 5.82 Å². The number of carbonyl (C=O) groups is 1. The number of hydrogen-bond donors (Lipinski definition) is 2. The number of hydrogen-bond acceptors (Lipinski definition) is 4. The zero-order valence-electron chi connectivity index (χ0n) is 15.0. The quantitative estimate of drug-likeness (QED) is 0.670. The molecule has 0 spiro atoms. The molecule has 138 valence electrons. The van der Waals surface area contributed by atoms with Gasteiger partial charge in [-0.15, -0.1) is 0 Å². The Bertz CT molecular complexity index is 884. The molecular formula is C21H21FN4O. The number of nitrogens with zero attached hydrogens (tertiary/aromatic N) is 2. The Morgan fingerprint density at radius 2 is 1.78 bits per heavy atom. The summed E-state index contributed by atoms with van der Waals surface area (Å²) in [6.45, 7) is 2.44. The highest BCUT2D eigenvalue weighted by Crippen LogP contribution is 2.12. The van der Waals surface area contributed by atoms with Crippen LogP contribution in [-0.4, -0.2) is 22.4 Å². The molecule has 0 saturated carbocycles. The highest BCUT2D eigenvalue weighted by molar-refractivity contribution is 5.92. The number of nitrogens with one attached hydrogen (secondary N) is 2. The molecule has 1 heterocycles. The topological polar surface area (TPSA) is 66.9 Å². The van der Waals surface area contributed by atoms with Gasteiger partial charge in [0.05, 0.1) is 18.4 Å². The zero-order valence-corrected chi connectivity index (χ0v) is 15.0. The monoisotopic (exact) mass is 364 g/mol. The third-order valence-corrected chi connectivity index (χ3v) is 4.19. The second kappa shape index (κ2) is 8.89. The molecule has 2 aromatic carbocycles. The van der Waals surface area contributed by atoms with Crippen molar-refractivity contribution in [3.63, 3.8) is 0 Å². The maximum atomic E-state index is 13.6. The van der Waals surface area contributed by atoms with Gasteiger partial charge in [0.25, 0.3) is 5.91 Å². The molecule has 27 heavy (non-hydrogen) atoms. The van der Waals surface area contributed by atoms with E-state index in [0.29, 0.717) is 24.3 Å². The van der Waals surface area contributed by atoms with Gasteiger partial charge in [-0.2, -0.15) is 0 Å². The molecule has 0 aliphatic heterocycles. The first kappa shape index (κ1) is 18.5. The van der Waals surface area contributed by atoms with Crippen molar-refractivity contribution in [3.05, 3.63) is 89.6 Å². The summed E-state index contributed by atoms with van der Waals surface area (Å²) in [6, 6.07) is 16.3. The van der Waals surface area contributed by atoms with Crippen LogP contribution in [0.2, 0.25) is 0 Å². The van der Waals surface area contributed by atoms with Gasteiger partial charge in [0.1, 0.15) is 17.3 Å². The van der Waals surface area contributed by atoms with Crippen molar-refractivity contribution >= 4 is 11.7 Å². The fourth-order valence-electron chi connectivity index (χ4n) is 2.66. The first-order valence-corrected chi connectivity index (χ1v) is 8.78. The normalized spacial score (nSPS) is 11.6. The van der Waals surface area contributed by atoms with E-state index in [1.807, 2.05) is 43.3 Å². The SMILES string of the molecule is CC(NC(=O)c1cnc(NCCc2ccccc2F)cn1)c1ccccc1. The maximum Gasteiger partial charge on any atom is 0.271 e. The summed E-state index contributed by atoms with van der Waals surface area (Å²) in [7, 11) is 0. The fraction of sp³-hybridized carbons (Fsp3) is 0.190. The number of halogens is 1. The number of aromatic nitrogens is 2. The van der Waals surface area contributed by atoms with Crippen LogP contribution in [0.25, 0.3) is 0 Å². The summed E-state index contributed by atoms with van der Waals surface area (Å²) in [6.07, 6.45) is 3.47. The lowest BCUT2D eigenvalue weighted by Crippen LogP contribution is -2.27. The predicted molar refractivity (Wildman–Crippen MR) is 103 cm³/mol. The molecule has 0 aliphatic rings. The van der Waals surface area contributed by atoms with Gasteiger partial charge in [-0.3, -0.25) is 4.79 Å². The van der Waals surface area contributed by atoms with Gasteiger partial charge in [0.2, 0.25) is 0 Å². The number of amides is 1. The average molecular weight is 364 g/mol. The number of rotatable bonds is 7. The largest absolute Gasteiger partial charge is 0.368 e. The molecule has 1 aromatic heterocycles. The predicted octanol–water partition coefficient (Wildman–Crippen LogP) is 3.76. The summed E-state index contributed by atoms with van der Waals surface area (Å²) in [5.41, 5.74) is 1.91. The van der Waals surface area contributed by atoms with Gasteiger partial charge in [-0.1, -0.05) is 48.5 Å². The molecule has 5 nitrogen and oxygen atoms in total. The Hall–Kier alpha value is -3.28. The van der Waals surface area contributed by atoms with Gasteiger partial charge in [-0.05, 0) is 30.5 Å². The summed E-state index contributed by atoms with van der Waals surface area (Å²) in [5, 5.41) is 5.98. The smallest absolute Gasteiger partial charge is 0.271 e. The Morgan fingerprint density at radius 3 is 2.48 bits per heavy atom. The second-order valence-electron chi connectivity index (χ2n) is 6.16. The Kier molecular flexibility index (Phi) is 6.10. The van der Waals surface area contributed by atoms with Crippen LogP contribution in [0.1, 0.15) is 34.6 Å². The summed E-state index contributed by atoms with van der Waals surface area (Å²) in [5.74, 6) is 0.0423. The van der Waals surface area contributed by atoms with Crippen molar-refractivity contribution in [1.82, 2.24) is 15.3 Å². The van der Waals surface area contributed by atoms with E-state index in [1.54, 1.807) is 12.1 Å². The van der Waals surface area contributed by atoms with Gasteiger partial charge in [-0.25, -0.2) is 14.4 Å². The van der Waals surface area contributed by atoms with Crippen molar-refractivity contribution in [2.24, 2.45) is 0 Å². The van der Waals surface area contributed by atoms with Crippen molar-refractivity contribution in [2.45, 2.75) is 19.4 Å². The number of benzene rings is 2. The first-order chi connectivity index (χ1) is 13.1. The highest BCUT2D eigenvalue weighted by Gasteiger charge is 2.12. The van der Waals surface area contributed by atoms with Crippen molar-refractivity contribution < 1.29 is 9.18 Å². The molecule has 3 aromatic rings. The lowest BCUT2D eigenvalue weighted by molar-refractivity contribution is 0.0934. The lowest BCUT2D eigenvalue weighted by atomic mass is 10.1. The molecule has 6 heteroatoms. The molecule has 0 aliphatic carbocycles. The van der Waals surface area contributed by atoms with E-state index in [0.717, 1.165) is 5.56 Å². The summed E-state index contributed by atoms with van der Waals surface area (Å²) >= 11 is 0. The lowest BCUT2D eigenvalue weighted by Gasteiger charge is -2.14. The number of anilines is 1. The summed E-state index contributed by atoms with van der Waals surface area (Å²) < 4.78 is 13.6. The average Bonchev–Trinajstić information content (AvgIpc) is 2.70. The van der Waals surface area contributed by atoms with Crippen LogP contribution in [0.15, 0.2) is 67.0 Å². The zero-order chi connectivity index (χ0) is 19.1. The minimum atomic E-state index is -0.281. The van der Waals surface area contributed by atoms with E-state index in [9.17, 15) is 9.18 Å². The van der Waals surface area contributed by atoms with E-state index in [-0.39, 0.29) is 23.5 Å². The Balaban J connectivity index is 1.52. The van der Waals surface area contributed by atoms with E-state index >= 15 is 0 Å². The van der Waals surface area contributed by atoms with Gasteiger partial charge < -0.3 is 10.6 Å². The van der Waals surface area contributed by atoms with Crippen LogP contribution in [0.3, 0.4) is 0 Å². The standard InChI is InChI=1S/C21H21FN4O/c1-15(16-7-3-2-4-8-16)26-21(27)19-13-25-20(14-24-19)23-12-11-17-9-5-6-10-18(17)22/h2-10,13-15H,11-12H2,1H3,(H,23,25)(H,26,27). The second-order valence-corrected chi connectivity index (χ2v) is 6.16. The van der Waals surface area contributed by atoms with E-state index in [1.165, 1.54) is 18.5 Å². The molecule has 1 atom stereocenters.